The molecule has 0 amide bonds. The molecule has 114 valence electrons. The Bertz CT molecular complexity index is 442. The third kappa shape index (κ3) is 8.70. The first-order valence-electron chi connectivity index (χ1n) is 4.75. The van der Waals surface area contributed by atoms with Gasteiger partial charge in [0.25, 0.3) is 0 Å². The predicted octanol–water partition coefficient (Wildman–Crippen LogP) is 1.43. The number of methoxy groups -OCH3 is 2. The van der Waals surface area contributed by atoms with E-state index in [0.717, 1.165) is 0 Å². The van der Waals surface area contributed by atoms with E-state index in [1.54, 1.807) is 6.07 Å². The number of phenolic OH excluding ortho intramolecular Hbond substituents is 2. The molecule has 0 aliphatic carbocycles. The zero-order valence-corrected chi connectivity index (χ0v) is 15.2. The van der Waals surface area contributed by atoms with Gasteiger partial charge in [-0.1, -0.05) is 23.5 Å². The summed E-state index contributed by atoms with van der Waals surface area (Å²) in [7, 11) is 2.80. The summed E-state index contributed by atoms with van der Waals surface area (Å²) in [6.45, 7) is 0. The molecule has 0 radical (unpaired) electrons. The maximum atomic E-state index is 9.12. The minimum absolute atomic E-state index is 0. The van der Waals surface area contributed by atoms with Crippen LogP contribution in [-0.2, 0) is 26.2 Å². The van der Waals surface area contributed by atoms with Crippen molar-refractivity contribution in [1.82, 2.24) is 15.4 Å². The van der Waals surface area contributed by atoms with Crippen molar-refractivity contribution in [3.8, 4) is 23.0 Å². The van der Waals surface area contributed by atoms with Gasteiger partial charge in [0.2, 0.25) is 0 Å². The average molecular weight is 413 g/mol. The molecule has 7 nitrogen and oxygen atoms in total. The summed E-state index contributed by atoms with van der Waals surface area (Å²) in [5.74, 6) is -0.0547. The number of aromatic nitrogens is 3. The zero-order valence-electron chi connectivity index (χ0n) is 11.1. The van der Waals surface area contributed by atoms with Crippen LogP contribution in [0.5, 0.6) is 23.0 Å². The molecule has 0 unspecified atom stereocenters. The van der Waals surface area contributed by atoms with E-state index in [4.69, 9.17) is 19.7 Å². The van der Waals surface area contributed by atoms with Gasteiger partial charge in [0, 0.05) is 11.5 Å². The molecule has 10 heteroatoms. The third-order valence-corrected chi connectivity index (χ3v) is 1.78. The van der Waals surface area contributed by atoms with E-state index >= 15 is 0 Å². The summed E-state index contributed by atoms with van der Waals surface area (Å²) in [5, 5.41) is 28.2. The smallest absolute Gasteiger partial charge is 0.550 e. The molecule has 0 fully saturated rings. The van der Waals surface area contributed by atoms with E-state index in [9.17, 15) is 0 Å². The number of ether oxygens (including phenoxy) is 2. The van der Waals surface area contributed by atoms with E-state index in [2.05, 4.69) is 27.7 Å². The van der Waals surface area contributed by atoms with Crippen molar-refractivity contribution in [3.05, 3.63) is 30.6 Å². The Hall–Kier alpha value is -1.11. The van der Waals surface area contributed by atoms with E-state index in [0.29, 0.717) is 0 Å². The standard InChI is InChI=1S/C8H9O4.C3H2N3.2ClH.Zr/c1-11-7-4-8(12-2)6(10)3-5(7)9;1-2-4-6-5-3-1;;;/h4,9-10H,1-2H3;1-2H;2*1H;/q2*-1;;;+2. The number of halogens is 2. The van der Waals surface area contributed by atoms with Gasteiger partial charge in [0.05, 0.1) is 25.7 Å². The first-order chi connectivity index (χ1) is 8.69. The van der Waals surface area contributed by atoms with Gasteiger partial charge in [-0.3, -0.25) is 0 Å². The average Bonchev–Trinajstić information content (AvgIpc) is 2.42. The Balaban J connectivity index is -0.000000312. The second-order valence-electron chi connectivity index (χ2n) is 2.85. The van der Waals surface area contributed by atoms with Crippen LogP contribution in [0.3, 0.4) is 0 Å². The molecule has 2 rings (SSSR count). The Labute approximate surface area is 153 Å². The van der Waals surface area contributed by atoms with Crippen molar-refractivity contribution in [2.45, 2.75) is 0 Å². The molecule has 1 heterocycles. The Morgan fingerprint density at radius 2 is 1.57 bits per heavy atom. The van der Waals surface area contributed by atoms with Crippen LogP contribution < -0.4 is 9.47 Å². The molecule has 0 aliphatic rings. The van der Waals surface area contributed by atoms with Gasteiger partial charge in [0.1, 0.15) is 0 Å². The maximum absolute atomic E-state index is 9.12. The van der Waals surface area contributed by atoms with Crippen molar-refractivity contribution in [3.63, 3.8) is 0 Å². The van der Waals surface area contributed by atoms with Crippen LogP contribution in [0.4, 0.5) is 0 Å². The van der Waals surface area contributed by atoms with Gasteiger partial charge in [-0.15, -0.1) is 31.0 Å². The fourth-order valence-electron chi connectivity index (χ4n) is 0.984. The number of aromatic hydroxyl groups is 2. The topological polar surface area (TPSA) is 97.6 Å². The van der Waals surface area contributed by atoms with E-state index < -0.39 is 0 Å². The number of hydrogen-bond donors (Lipinski definition) is 2. The van der Waals surface area contributed by atoms with Crippen molar-refractivity contribution in [1.29, 1.82) is 0 Å². The van der Waals surface area contributed by atoms with Crippen molar-refractivity contribution in [2.24, 2.45) is 0 Å². The van der Waals surface area contributed by atoms with Crippen LogP contribution in [0.1, 0.15) is 0 Å². The molecule has 1 aromatic carbocycles. The molecule has 0 saturated carbocycles. The fraction of sp³-hybridized carbons (Fsp3) is 0.182. The van der Waals surface area contributed by atoms with Crippen LogP contribution in [0, 0.1) is 12.3 Å². The summed E-state index contributed by atoms with van der Waals surface area (Å²) >= 11 is 0. The normalized spacial score (nSPS) is 7.71. The minimum Gasteiger partial charge on any atom is -0.550 e. The van der Waals surface area contributed by atoms with Crippen LogP contribution in [0.25, 0.3) is 0 Å². The zero-order chi connectivity index (χ0) is 13.4. The molecule has 0 atom stereocenters. The van der Waals surface area contributed by atoms with E-state index in [-0.39, 0.29) is 74.0 Å². The number of nitrogens with zero attached hydrogens (tertiary/aromatic N) is 3. The van der Waals surface area contributed by atoms with Crippen molar-refractivity contribution < 1.29 is 45.9 Å². The minimum atomic E-state index is -0.240. The van der Waals surface area contributed by atoms with Crippen LogP contribution >= 0.6 is 24.8 Å². The molecular weight excluding hydrogens is 400 g/mol. The molecular formula is C11H13Cl2N3O4Zr. The molecule has 21 heavy (non-hydrogen) atoms. The molecule has 0 aliphatic heterocycles. The quantitative estimate of drug-likeness (QED) is 0.719. The summed E-state index contributed by atoms with van der Waals surface area (Å²) in [6, 6.07) is 5.24. The van der Waals surface area contributed by atoms with Gasteiger partial charge < -0.3 is 19.7 Å². The van der Waals surface area contributed by atoms with E-state index in [1.807, 2.05) is 0 Å². The summed E-state index contributed by atoms with van der Waals surface area (Å²) in [5.41, 5.74) is 0. The third-order valence-electron chi connectivity index (χ3n) is 1.78. The Morgan fingerprint density at radius 3 is 1.81 bits per heavy atom. The number of benzene rings is 1. The Kier molecular flexibility index (Phi) is 16.4. The summed E-state index contributed by atoms with van der Waals surface area (Å²) in [4.78, 5) is 0. The van der Waals surface area contributed by atoms with Crippen LogP contribution in [0.15, 0.2) is 18.3 Å². The Morgan fingerprint density at radius 1 is 1.05 bits per heavy atom. The summed E-state index contributed by atoms with van der Waals surface area (Å²) < 4.78 is 9.54. The first-order valence-corrected chi connectivity index (χ1v) is 4.75. The van der Waals surface area contributed by atoms with Gasteiger partial charge in [-0.05, 0) is 0 Å². The SMILES string of the molecule is COc1cc(OC)c(O)[c-]c1O.Cl.Cl.[Zr+2].[c-]1ccnnn1. The molecule has 0 spiro atoms. The second-order valence-corrected chi connectivity index (χ2v) is 2.85. The first kappa shape index (κ1) is 24.9. The largest absolute Gasteiger partial charge is 2.00 e. The number of phenols is 2. The molecule has 0 bridgehead atoms. The fourth-order valence-corrected chi connectivity index (χ4v) is 0.984. The molecule has 1 aromatic heterocycles. The molecule has 2 aromatic rings. The molecule has 2 N–H and O–H groups in total. The second kappa shape index (κ2) is 13.9. The van der Waals surface area contributed by atoms with Gasteiger partial charge in [-0.25, -0.2) is 10.2 Å². The van der Waals surface area contributed by atoms with Gasteiger partial charge >= 0.3 is 26.2 Å². The predicted molar refractivity (Wildman–Crippen MR) is 74.9 cm³/mol. The van der Waals surface area contributed by atoms with Gasteiger partial charge in [-0.2, -0.15) is 6.07 Å². The summed E-state index contributed by atoms with van der Waals surface area (Å²) in [6.07, 6.45) is 3.99. The maximum Gasteiger partial charge on any atom is 2.00 e. The van der Waals surface area contributed by atoms with Crippen LogP contribution in [0.2, 0.25) is 0 Å². The molecule has 0 saturated heterocycles. The monoisotopic (exact) mass is 411 g/mol. The van der Waals surface area contributed by atoms with Gasteiger partial charge in [0.15, 0.2) is 0 Å². The van der Waals surface area contributed by atoms with Crippen LogP contribution in [-0.4, -0.2) is 39.8 Å². The van der Waals surface area contributed by atoms with Crippen molar-refractivity contribution in [2.75, 3.05) is 14.2 Å². The van der Waals surface area contributed by atoms with Crippen molar-refractivity contribution >= 4 is 24.8 Å². The number of hydrogen-bond acceptors (Lipinski definition) is 7. The van der Waals surface area contributed by atoms with E-state index in [1.165, 1.54) is 26.5 Å². The number of rotatable bonds is 2.